The van der Waals surface area contributed by atoms with Gasteiger partial charge in [-0.2, -0.15) is 0 Å². The Labute approximate surface area is 109 Å². The molecule has 0 aliphatic carbocycles. The van der Waals surface area contributed by atoms with Crippen molar-refractivity contribution in [3.05, 3.63) is 22.3 Å². The van der Waals surface area contributed by atoms with Crippen LogP contribution >= 0.6 is 15.9 Å². The molecule has 0 saturated carbocycles. The van der Waals surface area contributed by atoms with Crippen LogP contribution in [0.15, 0.2) is 16.7 Å². The van der Waals surface area contributed by atoms with E-state index in [9.17, 15) is 4.79 Å². The molecule has 0 radical (unpaired) electrons. The molecule has 0 spiro atoms. The van der Waals surface area contributed by atoms with Crippen molar-refractivity contribution in [1.82, 2.24) is 10.3 Å². The average molecular weight is 298 g/mol. The van der Waals surface area contributed by atoms with Gasteiger partial charge in [0.05, 0.1) is 5.54 Å². The summed E-state index contributed by atoms with van der Waals surface area (Å²) in [5.74, 6) is 0.592. The Morgan fingerprint density at radius 2 is 2.41 bits per heavy atom. The fraction of sp³-hybridized carbons (Fsp3) is 0.500. The lowest BCUT2D eigenvalue weighted by Gasteiger charge is -2.22. The fourth-order valence-electron chi connectivity index (χ4n) is 1.95. The molecule has 1 fully saturated rings. The van der Waals surface area contributed by atoms with E-state index in [1.165, 1.54) is 0 Å². The average Bonchev–Trinajstić information content (AvgIpc) is 2.72. The Morgan fingerprint density at radius 1 is 1.65 bits per heavy atom. The van der Waals surface area contributed by atoms with Crippen molar-refractivity contribution < 1.29 is 4.79 Å². The lowest BCUT2D eigenvalue weighted by molar-refractivity contribution is -0.121. The molecular weight excluding hydrogens is 282 g/mol. The van der Waals surface area contributed by atoms with Gasteiger partial charge in [-0.3, -0.25) is 4.79 Å². The molecule has 1 aromatic rings. The molecule has 1 unspecified atom stereocenters. The summed E-state index contributed by atoms with van der Waals surface area (Å²) in [5.41, 5.74) is 0.600. The van der Waals surface area contributed by atoms with Gasteiger partial charge >= 0.3 is 0 Å². The summed E-state index contributed by atoms with van der Waals surface area (Å²) < 4.78 is 0.945. The molecule has 2 N–H and O–H groups in total. The monoisotopic (exact) mass is 297 g/mol. The summed E-state index contributed by atoms with van der Waals surface area (Å²) in [6.07, 6.45) is 3.61. The van der Waals surface area contributed by atoms with Crippen LogP contribution in [0.4, 0.5) is 5.82 Å². The Bertz CT molecular complexity index is 441. The van der Waals surface area contributed by atoms with E-state index in [2.05, 4.69) is 31.5 Å². The molecule has 0 aromatic carbocycles. The number of carbonyl (C=O) groups excluding carboxylic acids is 1. The lowest BCUT2D eigenvalue weighted by Crippen LogP contribution is -2.48. The summed E-state index contributed by atoms with van der Waals surface area (Å²) in [6, 6.07) is 1.86. The van der Waals surface area contributed by atoms with E-state index in [1.54, 1.807) is 6.20 Å². The molecule has 1 saturated heterocycles. The van der Waals surface area contributed by atoms with E-state index in [4.69, 9.17) is 0 Å². The summed E-state index contributed by atoms with van der Waals surface area (Å²) in [4.78, 5) is 16.3. The largest absolute Gasteiger partial charge is 0.309 e. The third-order valence-corrected chi connectivity index (χ3v) is 3.99. The van der Waals surface area contributed by atoms with Crippen LogP contribution < -0.4 is 10.6 Å². The van der Waals surface area contributed by atoms with Crippen molar-refractivity contribution in [1.29, 1.82) is 0 Å². The Hall–Kier alpha value is -0.940. The summed E-state index contributed by atoms with van der Waals surface area (Å²) in [7, 11) is 0. The first-order chi connectivity index (χ1) is 8.01. The smallest absolute Gasteiger partial charge is 0.245 e. The molecule has 1 aromatic heterocycles. The highest BCUT2D eigenvalue weighted by molar-refractivity contribution is 9.10. The van der Waals surface area contributed by atoms with Crippen molar-refractivity contribution >= 4 is 27.7 Å². The number of rotatable bonds is 2. The number of nitrogens with zero attached hydrogens (tertiary/aromatic N) is 1. The van der Waals surface area contributed by atoms with Crippen molar-refractivity contribution in [3.63, 3.8) is 0 Å². The molecule has 92 valence electrons. The van der Waals surface area contributed by atoms with Gasteiger partial charge in [0.15, 0.2) is 0 Å². The zero-order valence-corrected chi connectivity index (χ0v) is 11.6. The molecule has 2 rings (SSSR count). The minimum Gasteiger partial charge on any atom is -0.309 e. The molecule has 4 nitrogen and oxygen atoms in total. The normalized spacial score (nSPS) is 23.7. The van der Waals surface area contributed by atoms with Gasteiger partial charge in [-0.1, -0.05) is 0 Å². The van der Waals surface area contributed by atoms with Crippen LogP contribution in [0.5, 0.6) is 0 Å². The Balaban J connectivity index is 2.10. The van der Waals surface area contributed by atoms with Gasteiger partial charge in [0.1, 0.15) is 5.82 Å². The number of nitrogens with one attached hydrogen (secondary N) is 2. The first-order valence-electron chi connectivity index (χ1n) is 5.70. The van der Waals surface area contributed by atoms with E-state index in [0.29, 0.717) is 5.82 Å². The third kappa shape index (κ3) is 2.66. The number of amides is 1. The molecule has 17 heavy (non-hydrogen) atoms. The molecule has 1 aliphatic heterocycles. The van der Waals surface area contributed by atoms with Gasteiger partial charge in [-0.25, -0.2) is 4.98 Å². The number of halogens is 1. The fourth-order valence-corrected chi connectivity index (χ4v) is 2.17. The number of hydrogen-bond donors (Lipinski definition) is 2. The topological polar surface area (TPSA) is 54.0 Å². The predicted octanol–water partition coefficient (Wildman–Crippen LogP) is 2.23. The zero-order valence-electron chi connectivity index (χ0n) is 10.0. The van der Waals surface area contributed by atoms with E-state index in [1.807, 2.05) is 19.9 Å². The number of hydrogen-bond acceptors (Lipinski definition) is 3. The number of anilines is 1. The summed E-state index contributed by atoms with van der Waals surface area (Å²) >= 11 is 3.38. The van der Waals surface area contributed by atoms with Crippen molar-refractivity contribution in [2.75, 3.05) is 11.9 Å². The molecule has 5 heteroatoms. The second-order valence-electron chi connectivity index (χ2n) is 4.64. The summed E-state index contributed by atoms with van der Waals surface area (Å²) in [5, 5.41) is 6.09. The standard InChI is InChI=1S/C12H16BrN3O/c1-8-6-10(14-7-9(8)13)16-11(17)12(2)4-3-5-15-12/h6-7,15H,3-5H2,1-2H3,(H,14,16,17). The Kier molecular flexibility index (Phi) is 3.49. The molecule has 1 atom stereocenters. The van der Waals surface area contributed by atoms with E-state index in [-0.39, 0.29) is 5.91 Å². The summed E-state index contributed by atoms with van der Waals surface area (Å²) in [6.45, 7) is 4.80. The minimum atomic E-state index is -0.456. The van der Waals surface area contributed by atoms with E-state index < -0.39 is 5.54 Å². The van der Waals surface area contributed by atoms with Crippen molar-refractivity contribution in [2.24, 2.45) is 0 Å². The van der Waals surface area contributed by atoms with Gasteiger partial charge in [0.25, 0.3) is 0 Å². The maximum atomic E-state index is 12.1. The number of aryl methyl sites for hydroxylation is 1. The van der Waals surface area contributed by atoms with Gasteiger partial charge in [0, 0.05) is 10.7 Å². The number of aromatic nitrogens is 1. The van der Waals surface area contributed by atoms with Crippen LogP contribution in [-0.2, 0) is 4.79 Å². The van der Waals surface area contributed by atoms with Crippen LogP contribution in [0.3, 0.4) is 0 Å². The highest BCUT2D eigenvalue weighted by Crippen LogP contribution is 2.22. The second kappa shape index (κ2) is 4.74. The number of pyridine rings is 1. The first-order valence-corrected chi connectivity index (χ1v) is 6.49. The quantitative estimate of drug-likeness (QED) is 0.880. The van der Waals surface area contributed by atoms with Gasteiger partial charge in [0.2, 0.25) is 5.91 Å². The first kappa shape index (κ1) is 12.5. The highest BCUT2D eigenvalue weighted by Gasteiger charge is 2.35. The molecule has 1 amide bonds. The molecule has 0 bridgehead atoms. The van der Waals surface area contributed by atoms with Gasteiger partial charge in [-0.05, 0) is 60.8 Å². The van der Waals surface area contributed by atoms with Crippen LogP contribution in [-0.4, -0.2) is 23.0 Å². The van der Waals surface area contributed by atoms with Crippen LogP contribution in [0.2, 0.25) is 0 Å². The lowest BCUT2D eigenvalue weighted by atomic mass is 9.99. The SMILES string of the molecule is Cc1cc(NC(=O)C2(C)CCCN2)ncc1Br. The van der Waals surface area contributed by atoms with Crippen LogP contribution in [0, 0.1) is 6.92 Å². The van der Waals surface area contributed by atoms with E-state index in [0.717, 1.165) is 29.4 Å². The zero-order chi connectivity index (χ0) is 12.5. The molecular formula is C12H16BrN3O. The second-order valence-corrected chi connectivity index (χ2v) is 5.49. The Morgan fingerprint density at radius 3 is 3.00 bits per heavy atom. The minimum absolute atomic E-state index is 0.00998. The van der Waals surface area contributed by atoms with Crippen molar-refractivity contribution in [2.45, 2.75) is 32.2 Å². The van der Waals surface area contributed by atoms with Crippen LogP contribution in [0.1, 0.15) is 25.3 Å². The predicted molar refractivity (Wildman–Crippen MR) is 70.9 cm³/mol. The number of carbonyl (C=O) groups is 1. The maximum Gasteiger partial charge on any atom is 0.245 e. The van der Waals surface area contributed by atoms with Crippen LogP contribution in [0.25, 0.3) is 0 Å². The third-order valence-electron chi connectivity index (χ3n) is 3.16. The molecule has 1 aliphatic rings. The highest BCUT2D eigenvalue weighted by atomic mass is 79.9. The maximum absolute atomic E-state index is 12.1. The van der Waals surface area contributed by atoms with Crippen molar-refractivity contribution in [3.8, 4) is 0 Å². The van der Waals surface area contributed by atoms with E-state index >= 15 is 0 Å². The van der Waals surface area contributed by atoms with Gasteiger partial charge < -0.3 is 10.6 Å². The molecule has 2 heterocycles. The van der Waals surface area contributed by atoms with Gasteiger partial charge in [-0.15, -0.1) is 0 Å².